The third kappa shape index (κ3) is 4.35. The van der Waals surface area contributed by atoms with Crippen LogP contribution in [0.25, 0.3) is 5.69 Å². The van der Waals surface area contributed by atoms with Crippen molar-refractivity contribution in [1.29, 1.82) is 0 Å². The monoisotopic (exact) mass is 446 g/mol. The predicted octanol–water partition coefficient (Wildman–Crippen LogP) is 2.36. The second-order valence-electron chi connectivity index (χ2n) is 6.95. The molecule has 3 aromatic rings. The van der Waals surface area contributed by atoms with Crippen LogP contribution in [-0.4, -0.2) is 51.9 Å². The average Bonchev–Trinajstić information content (AvgIpc) is 3.29. The Labute approximate surface area is 178 Å². The van der Waals surface area contributed by atoms with Crippen molar-refractivity contribution in [3.63, 3.8) is 0 Å². The van der Waals surface area contributed by atoms with Crippen LogP contribution in [0.4, 0.5) is 5.69 Å². The number of nitrogens with one attached hydrogen (secondary N) is 1. The molecule has 1 N–H and O–H groups in total. The number of benzene rings is 2. The summed E-state index contributed by atoms with van der Waals surface area (Å²) >= 11 is 5.96. The molecular formula is C19H19ClN6O3S. The molecule has 9 nitrogen and oxygen atoms in total. The molecule has 0 radical (unpaired) electrons. The minimum absolute atomic E-state index is 0.128. The van der Waals surface area contributed by atoms with Gasteiger partial charge in [-0.05, 0) is 65.7 Å². The number of rotatable bonds is 5. The predicted molar refractivity (Wildman–Crippen MR) is 111 cm³/mol. The summed E-state index contributed by atoms with van der Waals surface area (Å²) in [6.45, 7) is 0.501. The summed E-state index contributed by atoms with van der Waals surface area (Å²) in [5, 5.41) is 14.2. The van der Waals surface area contributed by atoms with E-state index in [2.05, 4.69) is 20.8 Å². The highest BCUT2D eigenvalue weighted by molar-refractivity contribution is 7.89. The fraction of sp³-hybridized carbons (Fsp3) is 0.263. The number of hydrogen-bond donors (Lipinski definition) is 1. The van der Waals surface area contributed by atoms with E-state index in [1.807, 2.05) is 0 Å². The molecule has 1 amide bonds. The maximum Gasteiger partial charge on any atom is 0.243 e. The standard InChI is InChI=1S/C19H19ClN6O3S/c20-15-4-1-5-16(11-15)22-19(27)14-3-2-10-25(12-14)30(28,29)18-8-6-17(7-9-18)26-13-21-23-24-26/h1,4-9,11,13-14H,2-3,10,12H2,(H,22,27). The lowest BCUT2D eigenvalue weighted by Gasteiger charge is -2.31. The number of anilines is 1. The Morgan fingerprint density at radius 3 is 2.67 bits per heavy atom. The SMILES string of the molecule is O=C(Nc1cccc(Cl)c1)C1CCCN(S(=O)(=O)c2ccc(-n3cnnn3)cc2)C1. The van der Waals surface area contributed by atoms with Crippen LogP contribution in [0.15, 0.2) is 59.8 Å². The molecular weight excluding hydrogens is 428 g/mol. The van der Waals surface area contributed by atoms with Gasteiger partial charge in [0, 0.05) is 23.8 Å². The fourth-order valence-corrected chi connectivity index (χ4v) is 5.10. The van der Waals surface area contributed by atoms with Gasteiger partial charge < -0.3 is 5.32 Å². The van der Waals surface area contributed by atoms with Crippen molar-refractivity contribution in [2.75, 3.05) is 18.4 Å². The largest absolute Gasteiger partial charge is 0.326 e. The Hall–Kier alpha value is -2.82. The number of sulfonamides is 1. The third-order valence-corrected chi connectivity index (χ3v) is 7.05. The zero-order valence-electron chi connectivity index (χ0n) is 15.8. The molecule has 2 heterocycles. The molecule has 1 aromatic heterocycles. The average molecular weight is 447 g/mol. The summed E-state index contributed by atoms with van der Waals surface area (Å²) in [6.07, 6.45) is 2.66. The number of amides is 1. The number of nitrogens with zero attached hydrogens (tertiary/aromatic N) is 5. The van der Waals surface area contributed by atoms with Crippen LogP contribution < -0.4 is 5.32 Å². The summed E-state index contributed by atoms with van der Waals surface area (Å²) in [6, 6.07) is 13.2. The Bertz CT molecular complexity index is 1140. The van der Waals surface area contributed by atoms with Crippen LogP contribution in [0, 0.1) is 5.92 Å². The van der Waals surface area contributed by atoms with Crippen LogP contribution in [0.3, 0.4) is 0 Å². The van der Waals surface area contributed by atoms with Gasteiger partial charge in [-0.2, -0.15) is 4.31 Å². The van der Waals surface area contributed by atoms with Gasteiger partial charge in [0.15, 0.2) is 0 Å². The quantitative estimate of drug-likeness (QED) is 0.644. The van der Waals surface area contributed by atoms with E-state index in [0.717, 1.165) is 0 Å². The first-order valence-electron chi connectivity index (χ1n) is 9.33. The number of carbonyl (C=O) groups excluding carboxylic acids is 1. The van der Waals surface area contributed by atoms with E-state index in [1.54, 1.807) is 36.4 Å². The lowest BCUT2D eigenvalue weighted by Crippen LogP contribution is -2.43. The molecule has 0 saturated carbocycles. The Kier molecular flexibility index (Phi) is 5.80. The summed E-state index contributed by atoms with van der Waals surface area (Å²) < 4.78 is 29.0. The molecule has 30 heavy (non-hydrogen) atoms. The van der Waals surface area contributed by atoms with Crippen molar-refractivity contribution in [2.24, 2.45) is 5.92 Å². The number of hydrogen-bond acceptors (Lipinski definition) is 6. The maximum atomic E-state index is 13.1. The molecule has 1 aliphatic heterocycles. The summed E-state index contributed by atoms with van der Waals surface area (Å²) in [4.78, 5) is 12.8. The van der Waals surface area contributed by atoms with Crippen molar-refractivity contribution >= 4 is 33.2 Å². The molecule has 0 spiro atoms. The van der Waals surface area contributed by atoms with Gasteiger partial charge in [-0.3, -0.25) is 4.79 Å². The number of carbonyl (C=O) groups is 1. The van der Waals surface area contributed by atoms with Crippen LogP contribution in [-0.2, 0) is 14.8 Å². The van der Waals surface area contributed by atoms with Crippen molar-refractivity contribution < 1.29 is 13.2 Å². The molecule has 4 rings (SSSR count). The molecule has 1 atom stereocenters. The first kappa shape index (κ1) is 20.5. The first-order chi connectivity index (χ1) is 14.4. The second kappa shape index (κ2) is 8.50. The lowest BCUT2D eigenvalue weighted by atomic mass is 9.99. The van der Waals surface area contributed by atoms with Crippen LogP contribution in [0.1, 0.15) is 12.8 Å². The van der Waals surface area contributed by atoms with Gasteiger partial charge >= 0.3 is 0 Å². The number of halogens is 1. The number of aromatic nitrogens is 4. The van der Waals surface area contributed by atoms with Crippen LogP contribution in [0.5, 0.6) is 0 Å². The molecule has 1 aliphatic rings. The normalized spacial score (nSPS) is 17.6. The molecule has 1 unspecified atom stereocenters. The molecule has 156 valence electrons. The molecule has 11 heteroatoms. The van der Waals surface area contributed by atoms with Crippen LogP contribution in [0.2, 0.25) is 5.02 Å². The molecule has 1 fully saturated rings. The minimum Gasteiger partial charge on any atom is -0.326 e. The smallest absolute Gasteiger partial charge is 0.243 e. The minimum atomic E-state index is -3.72. The van der Waals surface area contributed by atoms with Crippen molar-refractivity contribution in [3.8, 4) is 5.69 Å². The van der Waals surface area contributed by atoms with E-state index < -0.39 is 15.9 Å². The van der Waals surface area contributed by atoms with Gasteiger partial charge in [-0.1, -0.05) is 17.7 Å². The Balaban J connectivity index is 1.47. The van der Waals surface area contributed by atoms with E-state index in [-0.39, 0.29) is 17.3 Å². The molecule has 0 bridgehead atoms. The van der Waals surface area contributed by atoms with Crippen molar-refractivity contribution in [1.82, 2.24) is 24.5 Å². The van der Waals surface area contributed by atoms with E-state index >= 15 is 0 Å². The highest BCUT2D eigenvalue weighted by Gasteiger charge is 2.33. The van der Waals surface area contributed by atoms with Gasteiger partial charge in [-0.25, -0.2) is 13.1 Å². The Morgan fingerprint density at radius 1 is 1.17 bits per heavy atom. The topological polar surface area (TPSA) is 110 Å². The van der Waals surface area contributed by atoms with Gasteiger partial charge in [0.1, 0.15) is 6.33 Å². The second-order valence-corrected chi connectivity index (χ2v) is 9.32. The van der Waals surface area contributed by atoms with E-state index in [4.69, 9.17) is 11.6 Å². The van der Waals surface area contributed by atoms with Crippen LogP contribution >= 0.6 is 11.6 Å². The fourth-order valence-electron chi connectivity index (χ4n) is 3.38. The highest BCUT2D eigenvalue weighted by Crippen LogP contribution is 2.26. The van der Waals surface area contributed by atoms with Gasteiger partial charge in [0.25, 0.3) is 0 Å². The van der Waals surface area contributed by atoms with E-state index in [1.165, 1.54) is 27.4 Å². The van der Waals surface area contributed by atoms with E-state index in [0.29, 0.717) is 35.8 Å². The zero-order chi connectivity index (χ0) is 21.1. The number of tetrazole rings is 1. The summed E-state index contributed by atoms with van der Waals surface area (Å²) in [5.74, 6) is -0.654. The number of piperidine rings is 1. The lowest BCUT2D eigenvalue weighted by molar-refractivity contribution is -0.120. The molecule has 2 aromatic carbocycles. The van der Waals surface area contributed by atoms with Crippen molar-refractivity contribution in [3.05, 3.63) is 59.9 Å². The molecule has 1 saturated heterocycles. The Morgan fingerprint density at radius 2 is 1.97 bits per heavy atom. The van der Waals surface area contributed by atoms with Crippen molar-refractivity contribution in [2.45, 2.75) is 17.7 Å². The van der Waals surface area contributed by atoms with Gasteiger partial charge in [0.2, 0.25) is 15.9 Å². The van der Waals surface area contributed by atoms with Gasteiger partial charge in [0.05, 0.1) is 16.5 Å². The first-order valence-corrected chi connectivity index (χ1v) is 11.2. The van der Waals surface area contributed by atoms with E-state index in [9.17, 15) is 13.2 Å². The summed E-state index contributed by atoms with van der Waals surface area (Å²) in [7, 11) is -3.72. The third-order valence-electron chi connectivity index (χ3n) is 4.94. The maximum absolute atomic E-state index is 13.1. The molecule has 0 aliphatic carbocycles. The summed E-state index contributed by atoms with van der Waals surface area (Å²) in [5.41, 5.74) is 1.24. The van der Waals surface area contributed by atoms with Gasteiger partial charge in [-0.15, -0.1) is 5.10 Å². The highest BCUT2D eigenvalue weighted by atomic mass is 35.5. The zero-order valence-corrected chi connectivity index (χ0v) is 17.4.